The van der Waals surface area contributed by atoms with Gasteiger partial charge in [0.05, 0.1) is 18.1 Å². The van der Waals surface area contributed by atoms with E-state index in [-0.39, 0.29) is 23.5 Å². The number of aromatic nitrogens is 2. The molecule has 1 amide bonds. The van der Waals surface area contributed by atoms with Crippen LogP contribution in [-0.2, 0) is 6.42 Å². The number of carbonyl (C=O) groups excluding carboxylic acids is 1. The number of benzene rings is 2. The van der Waals surface area contributed by atoms with Crippen LogP contribution < -0.4 is 4.74 Å². The molecule has 2 heterocycles. The highest BCUT2D eigenvalue weighted by atomic mass is 16.5. The molecule has 0 aliphatic carbocycles. The molecule has 0 radical (unpaired) electrons. The van der Waals surface area contributed by atoms with Crippen LogP contribution in [-0.4, -0.2) is 45.6 Å². The number of carbonyl (C=O) groups is 1. The molecule has 144 valence electrons. The predicted molar refractivity (Wildman–Crippen MR) is 107 cm³/mol. The second kappa shape index (κ2) is 7.84. The lowest BCUT2D eigenvalue weighted by Crippen LogP contribution is -2.45. The molecule has 4 rings (SSSR count). The molecule has 0 bridgehead atoms. The molecule has 3 aromatic rings. The van der Waals surface area contributed by atoms with Gasteiger partial charge in [0.15, 0.2) is 5.69 Å². The molecule has 1 unspecified atom stereocenters. The Morgan fingerprint density at radius 3 is 2.54 bits per heavy atom. The van der Waals surface area contributed by atoms with Crippen LogP contribution in [0.2, 0.25) is 0 Å². The molecular formula is C22H23N3O3. The largest absolute Gasteiger partial charge is 0.497 e. The van der Waals surface area contributed by atoms with E-state index in [1.54, 1.807) is 19.2 Å². The van der Waals surface area contributed by atoms with Gasteiger partial charge in [0.2, 0.25) is 5.88 Å². The van der Waals surface area contributed by atoms with Gasteiger partial charge in [-0.2, -0.15) is 0 Å². The fraction of sp³-hybridized carbons (Fsp3) is 0.318. The number of hydrogen-bond donors (Lipinski definition) is 1. The van der Waals surface area contributed by atoms with Crippen LogP contribution in [0.1, 0.15) is 35.3 Å². The van der Waals surface area contributed by atoms with Crippen molar-refractivity contribution in [3.8, 4) is 11.6 Å². The third-order valence-electron chi connectivity index (χ3n) is 5.27. The zero-order valence-electron chi connectivity index (χ0n) is 15.8. The van der Waals surface area contributed by atoms with Crippen LogP contribution in [0.15, 0.2) is 48.5 Å². The SMILES string of the molecule is COc1ccc(CC2CCCCN2C(=O)c2nc3ccccc3nc2O)cc1. The highest BCUT2D eigenvalue weighted by Gasteiger charge is 2.30. The van der Waals surface area contributed by atoms with E-state index in [4.69, 9.17) is 4.74 Å². The highest BCUT2D eigenvalue weighted by Crippen LogP contribution is 2.26. The van der Waals surface area contributed by atoms with E-state index >= 15 is 0 Å². The molecule has 28 heavy (non-hydrogen) atoms. The van der Waals surface area contributed by atoms with Crippen LogP contribution in [0.5, 0.6) is 11.6 Å². The number of likely N-dealkylation sites (tertiary alicyclic amines) is 1. The summed E-state index contributed by atoms with van der Waals surface area (Å²) in [4.78, 5) is 23.6. The molecule has 1 aromatic heterocycles. The maximum absolute atomic E-state index is 13.2. The zero-order chi connectivity index (χ0) is 19.5. The topological polar surface area (TPSA) is 75.5 Å². The molecule has 1 N–H and O–H groups in total. The Bertz CT molecular complexity index is 988. The van der Waals surface area contributed by atoms with Crippen molar-refractivity contribution in [3.63, 3.8) is 0 Å². The second-order valence-corrected chi connectivity index (χ2v) is 7.08. The number of fused-ring (bicyclic) bond motifs is 1. The maximum Gasteiger partial charge on any atom is 0.278 e. The van der Waals surface area contributed by atoms with Gasteiger partial charge in [-0.25, -0.2) is 9.97 Å². The first-order chi connectivity index (χ1) is 13.7. The normalized spacial score (nSPS) is 16.9. The van der Waals surface area contributed by atoms with Gasteiger partial charge in [-0.05, 0) is 55.5 Å². The summed E-state index contributed by atoms with van der Waals surface area (Å²) in [6.07, 6.45) is 3.73. The average molecular weight is 377 g/mol. The van der Waals surface area contributed by atoms with E-state index in [9.17, 15) is 9.90 Å². The number of amides is 1. The summed E-state index contributed by atoms with van der Waals surface area (Å²) >= 11 is 0. The fourth-order valence-corrected chi connectivity index (χ4v) is 3.78. The molecule has 1 fully saturated rings. The van der Waals surface area contributed by atoms with Crippen molar-refractivity contribution in [2.75, 3.05) is 13.7 Å². The van der Waals surface area contributed by atoms with Gasteiger partial charge in [-0.3, -0.25) is 4.79 Å². The lowest BCUT2D eigenvalue weighted by Gasteiger charge is -2.35. The van der Waals surface area contributed by atoms with Gasteiger partial charge < -0.3 is 14.7 Å². The Hall–Kier alpha value is -3.15. The number of piperidine rings is 1. The third-order valence-corrected chi connectivity index (χ3v) is 5.27. The molecule has 2 aromatic carbocycles. The first-order valence-electron chi connectivity index (χ1n) is 9.55. The van der Waals surface area contributed by atoms with E-state index in [0.717, 1.165) is 37.0 Å². The summed E-state index contributed by atoms with van der Waals surface area (Å²) in [5, 5.41) is 10.3. The monoisotopic (exact) mass is 377 g/mol. The number of aromatic hydroxyl groups is 1. The Labute approximate surface area is 163 Å². The van der Waals surface area contributed by atoms with Crippen molar-refractivity contribution in [2.45, 2.75) is 31.7 Å². The van der Waals surface area contributed by atoms with Crippen molar-refractivity contribution < 1.29 is 14.6 Å². The Morgan fingerprint density at radius 2 is 1.82 bits per heavy atom. The van der Waals surface area contributed by atoms with Crippen LogP contribution in [0.25, 0.3) is 11.0 Å². The first kappa shape index (κ1) is 18.2. The summed E-state index contributed by atoms with van der Waals surface area (Å²) in [7, 11) is 1.65. The van der Waals surface area contributed by atoms with Crippen LogP contribution in [0, 0.1) is 0 Å². The Balaban J connectivity index is 1.60. The molecule has 1 aliphatic heterocycles. The lowest BCUT2D eigenvalue weighted by molar-refractivity contribution is 0.0603. The quantitative estimate of drug-likeness (QED) is 0.752. The van der Waals surface area contributed by atoms with E-state index in [1.807, 2.05) is 41.3 Å². The van der Waals surface area contributed by atoms with Crippen molar-refractivity contribution in [1.29, 1.82) is 0 Å². The van der Waals surface area contributed by atoms with Crippen LogP contribution in [0.4, 0.5) is 0 Å². The van der Waals surface area contributed by atoms with Crippen molar-refractivity contribution >= 4 is 16.9 Å². The Morgan fingerprint density at radius 1 is 1.11 bits per heavy atom. The molecule has 0 saturated carbocycles. The summed E-state index contributed by atoms with van der Waals surface area (Å²) in [5.41, 5.74) is 2.36. The van der Waals surface area contributed by atoms with E-state index in [0.29, 0.717) is 17.6 Å². The number of ether oxygens (including phenoxy) is 1. The minimum Gasteiger partial charge on any atom is -0.497 e. The van der Waals surface area contributed by atoms with E-state index in [2.05, 4.69) is 9.97 Å². The summed E-state index contributed by atoms with van der Waals surface area (Å²) in [6, 6.07) is 15.2. The second-order valence-electron chi connectivity index (χ2n) is 7.08. The standard InChI is InChI=1S/C22H23N3O3/c1-28-17-11-9-15(10-12-17)14-16-6-4-5-13-25(16)22(27)20-21(26)24-19-8-3-2-7-18(19)23-20/h2-3,7-12,16H,4-6,13-14H2,1H3,(H,24,26). The number of methoxy groups -OCH3 is 1. The van der Waals surface area contributed by atoms with Crippen molar-refractivity contribution in [2.24, 2.45) is 0 Å². The van der Waals surface area contributed by atoms with Crippen LogP contribution >= 0.6 is 0 Å². The maximum atomic E-state index is 13.2. The molecule has 1 atom stereocenters. The molecule has 0 spiro atoms. The fourth-order valence-electron chi connectivity index (χ4n) is 3.78. The van der Waals surface area contributed by atoms with Gasteiger partial charge in [0, 0.05) is 12.6 Å². The highest BCUT2D eigenvalue weighted by molar-refractivity contribution is 5.96. The Kier molecular flexibility index (Phi) is 5.10. The average Bonchev–Trinajstić information content (AvgIpc) is 2.74. The summed E-state index contributed by atoms with van der Waals surface area (Å²) in [5.74, 6) is 0.253. The van der Waals surface area contributed by atoms with Crippen molar-refractivity contribution in [1.82, 2.24) is 14.9 Å². The minimum absolute atomic E-state index is 0.0281. The molecule has 1 saturated heterocycles. The van der Waals surface area contributed by atoms with Gasteiger partial charge in [0.25, 0.3) is 5.91 Å². The predicted octanol–water partition coefficient (Wildman–Crippen LogP) is 3.58. The molecular weight excluding hydrogens is 354 g/mol. The van der Waals surface area contributed by atoms with Crippen molar-refractivity contribution in [3.05, 3.63) is 59.8 Å². The van der Waals surface area contributed by atoms with Gasteiger partial charge in [0.1, 0.15) is 5.75 Å². The molecule has 6 heteroatoms. The number of para-hydroxylation sites is 2. The van der Waals surface area contributed by atoms with Gasteiger partial charge >= 0.3 is 0 Å². The molecule has 1 aliphatic rings. The lowest BCUT2D eigenvalue weighted by atomic mass is 9.95. The van der Waals surface area contributed by atoms with E-state index < -0.39 is 0 Å². The number of rotatable bonds is 4. The van der Waals surface area contributed by atoms with Gasteiger partial charge in [-0.1, -0.05) is 24.3 Å². The summed E-state index contributed by atoms with van der Waals surface area (Å²) in [6.45, 7) is 0.660. The smallest absolute Gasteiger partial charge is 0.278 e. The summed E-state index contributed by atoms with van der Waals surface area (Å²) < 4.78 is 5.22. The first-order valence-corrected chi connectivity index (χ1v) is 9.55. The number of nitrogens with zero attached hydrogens (tertiary/aromatic N) is 3. The third kappa shape index (κ3) is 3.63. The van der Waals surface area contributed by atoms with Gasteiger partial charge in [-0.15, -0.1) is 0 Å². The molecule has 6 nitrogen and oxygen atoms in total. The zero-order valence-corrected chi connectivity index (χ0v) is 15.8. The van der Waals surface area contributed by atoms with Crippen LogP contribution in [0.3, 0.4) is 0 Å². The van der Waals surface area contributed by atoms with E-state index in [1.165, 1.54) is 0 Å². The minimum atomic E-state index is -0.308. The number of hydrogen-bond acceptors (Lipinski definition) is 5.